The minimum Gasteiger partial charge on any atom is -0.468 e. The molecule has 1 aromatic heterocycles. The van der Waals surface area contributed by atoms with Crippen LogP contribution in [-0.2, 0) is 4.74 Å². The normalized spacial score (nSPS) is 36.8. The summed E-state index contributed by atoms with van der Waals surface area (Å²) in [6.07, 6.45) is 1.74. The summed E-state index contributed by atoms with van der Waals surface area (Å²) in [5.74, 6) is 3.31. The highest BCUT2D eigenvalue weighted by Gasteiger charge is 2.57. The van der Waals surface area contributed by atoms with Gasteiger partial charge in [-0.15, -0.1) is 0 Å². The van der Waals surface area contributed by atoms with Crippen LogP contribution in [0.25, 0.3) is 0 Å². The molecule has 76 valence electrons. The average Bonchev–Trinajstić information content (AvgIpc) is 2.67. The topological polar surface area (TPSA) is 34.4 Å². The average molecular weight is 193 g/mol. The highest BCUT2D eigenvalue weighted by Crippen LogP contribution is 2.56. The molecule has 1 aromatic rings. The van der Waals surface area contributed by atoms with E-state index in [1.54, 1.807) is 6.26 Å². The molecule has 3 atom stereocenters. The zero-order valence-electron chi connectivity index (χ0n) is 8.27. The van der Waals surface area contributed by atoms with Gasteiger partial charge < -0.3 is 14.5 Å². The maximum atomic E-state index is 5.45. The number of hydrogen-bond acceptors (Lipinski definition) is 3. The molecule has 1 N–H and O–H groups in total. The number of nitrogens with one attached hydrogen (secondary N) is 1. The minimum absolute atomic E-state index is 0.379. The molecule has 3 heteroatoms. The molecule has 0 aromatic carbocycles. The second-order valence-electron chi connectivity index (χ2n) is 4.22. The van der Waals surface area contributed by atoms with Crippen LogP contribution in [0.4, 0.5) is 0 Å². The first kappa shape index (κ1) is 8.50. The largest absolute Gasteiger partial charge is 0.468 e. The van der Waals surface area contributed by atoms with E-state index in [9.17, 15) is 0 Å². The van der Waals surface area contributed by atoms with Crippen molar-refractivity contribution in [3.8, 4) is 0 Å². The van der Waals surface area contributed by atoms with Crippen LogP contribution in [0.15, 0.2) is 22.8 Å². The molecule has 1 aliphatic heterocycles. The highest BCUT2D eigenvalue weighted by molar-refractivity contribution is 5.14. The molecule has 1 saturated carbocycles. The lowest BCUT2D eigenvalue weighted by atomic mass is 10.1. The Morgan fingerprint density at radius 3 is 2.79 bits per heavy atom. The van der Waals surface area contributed by atoms with Crippen molar-refractivity contribution >= 4 is 0 Å². The zero-order valence-corrected chi connectivity index (χ0v) is 8.27. The van der Waals surface area contributed by atoms with E-state index >= 15 is 0 Å². The van der Waals surface area contributed by atoms with Crippen molar-refractivity contribution in [1.29, 1.82) is 0 Å². The van der Waals surface area contributed by atoms with E-state index < -0.39 is 0 Å². The van der Waals surface area contributed by atoms with Gasteiger partial charge in [0.1, 0.15) is 5.76 Å². The fraction of sp³-hybridized carbons (Fsp3) is 0.636. The van der Waals surface area contributed by atoms with Gasteiger partial charge in [0, 0.05) is 0 Å². The molecule has 0 spiro atoms. The van der Waals surface area contributed by atoms with Crippen LogP contribution in [0.1, 0.15) is 11.8 Å². The minimum atomic E-state index is 0.379. The summed E-state index contributed by atoms with van der Waals surface area (Å²) in [6.45, 7) is 1.88. The van der Waals surface area contributed by atoms with E-state index in [-0.39, 0.29) is 0 Å². The first-order valence-electron chi connectivity index (χ1n) is 5.20. The van der Waals surface area contributed by atoms with Crippen molar-refractivity contribution in [2.45, 2.75) is 6.04 Å². The van der Waals surface area contributed by atoms with E-state index in [1.807, 2.05) is 13.1 Å². The van der Waals surface area contributed by atoms with E-state index in [1.165, 1.54) is 0 Å². The van der Waals surface area contributed by atoms with Crippen molar-refractivity contribution in [3.05, 3.63) is 24.2 Å². The van der Waals surface area contributed by atoms with Crippen LogP contribution >= 0.6 is 0 Å². The quantitative estimate of drug-likeness (QED) is 0.788. The third-order valence-electron chi connectivity index (χ3n) is 3.56. The molecule has 1 saturated heterocycles. The maximum Gasteiger partial charge on any atom is 0.120 e. The number of hydrogen-bond donors (Lipinski definition) is 1. The van der Waals surface area contributed by atoms with Crippen LogP contribution < -0.4 is 5.32 Å². The molecule has 2 fully saturated rings. The van der Waals surface area contributed by atoms with Gasteiger partial charge in [0.2, 0.25) is 0 Å². The zero-order chi connectivity index (χ0) is 9.54. The second kappa shape index (κ2) is 3.11. The summed E-state index contributed by atoms with van der Waals surface area (Å²) in [7, 11) is 2.00. The Morgan fingerprint density at radius 1 is 1.43 bits per heavy atom. The SMILES string of the molecule is CNC(c1ccco1)C1C2COCC21. The number of furan rings is 1. The Labute approximate surface area is 83.4 Å². The van der Waals surface area contributed by atoms with Gasteiger partial charge in [0.25, 0.3) is 0 Å². The second-order valence-corrected chi connectivity index (χ2v) is 4.22. The Hall–Kier alpha value is -0.800. The lowest BCUT2D eigenvalue weighted by Gasteiger charge is -2.15. The van der Waals surface area contributed by atoms with Gasteiger partial charge in [0.05, 0.1) is 25.5 Å². The van der Waals surface area contributed by atoms with Crippen LogP contribution in [-0.4, -0.2) is 20.3 Å². The Balaban J connectivity index is 1.77. The Kier molecular flexibility index (Phi) is 1.89. The fourth-order valence-corrected chi connectivity index (χ4v) is 2.77. The van der Waals surface area contributed by atoms with Gasteiger partial charge in [-0.2, -0.15) is 0 Å². The number of fused-ring (bicyclic) bond motifs is 1. The van der Waals surface area contributed by atoms with Crippen LogP contribution in [0.2, 0.25) is 0 Å². The van der Waals surface area contributed by atoms with E-state index in [0.29, 0.717) is 6.04 Å². The molecule has 1 aliphatic carbocycles. The predicted molar refractivity (Wildman–Crippen MR) is 51.8 cm³/mol. The number of rotatable bonds is 3. The van der Waals surface area contributed by atoms with Gasteiger partial charge in [-0.1, -0.05) is 0 Å². The first-order chi connectivity index (χ1) is 6.92. The summed E-state index contributed by atoms with van der Waals surface area (Å²) in [5.41, 5.74) is 0. The standard InChI is InChI=1S/C11H15NO2/c1-12-11(9-3-2-4-14-9)10-7-5-13-6-8(7)10/h2-4,7-8,10-12H,5-6H2,1H3. The van der Waals surface area contributed by atoms with Crippen molar-refractivity contribution in [2.75, 3.05) is 20.3 Å². The van der Waals surface area contributed by atoms with Gasteiger partial charge >= 0.3 is 0 Å². The van der Waals surface area contributed by atoms with Crippen molar-refractivity contribution in [1.82, 2.24) is 5.32 Å². The lowest BCUT2D eigenvalue weighted by Crippen LogP contribution is -2.21. The highest BCUT2D eigenvalue weighted by atomic mass is 16.5. The summed E-state index contributed by atoms with van der Waals surface area (Å²) < 4.78 is 10.8. The van der Waals surface area contributed by atoms with Gasteiger partial charge in [-0.25, -0.2) is 0 Å². The van der Waals surface area contributed by atoms with Crippen molar-refractivity contribution in [3.63, 3.8) is 0 Å². The van der Waals surface area contributed by atoms with E-state index in [2.05, 4.69) is 11.4 Å². The molecular weight excluding hydrogens is 178 g/mol. The molecule has 3 rings (SSSR count). The predicted octanol–water partition coefficient (Wildman–Crippen LogP) is 1.43. The fourth-order valence-electron chi connectivity index (χ4n) is 2.77. The molecule has 0 bridgehead atoms. The lowest BCUT2D eigenvalue weighted by molar-refractivity contribution is 0.141. The molecule has 3 unspecified atom stereocenters. The van der Waals surface area contributed by atoms with Crippen molar-refractivity contribution in [2.24, 2.45) is 17.8 Å². The molecule has 0 amide bonds. The van der Waals surface area contributed by atoms with Crippen LogP contribution in [0, 0.1) is 17.8 Å². The summed E-state index contributed by atoms with van der Waals surface area (Å²) >= 11 is 0. The van der Waals surface area contributed by atoms with E-state index in [4.69, 9.17) is 9.15 Å². The molecule has 0 radical (unpaired) electrons. The van der Waals surface area contributed by atoms with Crippen LogP contribution in [0.5, 0.6) is 0 Å². The Bertz CT molecular complexity index is 299. The molecule has 2 aliphatic rings. The molecule has 2 heterocycles. The number of ether oxygens (including phenoxy) is 1. The van der Waals surface area contributed by atoms with Gasteiger partial charge in [-0.3, -0.25) is 0 Å². The molecular formula is C11H15NO2. The van der Waals surface area contributed by atoms with Crippen molar-refractivity contribution < 1.29 is 9.15 Å². The smallest absolute Gasteiger partial charge is 0.120 e. The first-order valence-corrected chi connectivity index (χ1v) is 5.20. The monoisotopic (exact) mass is 193 g/mol. The third-order valence-corrected chi connectivity index (χ3v) is 3.56. The van der Waals surface area contributed by atoms with Gasteiger partial charge in [0.15, 0.2) is 0 Å². The molecule has 14 heavy (non-hydrogen) atoms. The molecule has 3 nitrogen and oxygen atoms in total. The summed E-state index contributed by atoms with van der Waals surface area (Å²) in [6, 6.07) is 4.38. The Morgan fingerprint density at radius 2 is 2.21 bits per heavy atom. The van der Waals surface area contributed by atoms with Gasteiger partial charge in [-0.05, 0) is 36.9 Å². The summed E-state index contributed by atoms with van der Waals surface area (Å²) in [5, 5.41) is 3.35. The van der Waals surface area contributed by atoms with Crippen LogP contribution in [0.3, 0.4) is 0 Å². The third kappa shape index (κ3) is 1.12. The maximum absolute atomic E-state index is 5.45. The summed E-state index contributed by atoms with van der Waals surface area (Å²) in [4.78, 5) is 0. The van der Waals surface area contributed by atoms with E-state index in [0.717, 1.165) is 36.7 Å².